The molecule has 94 valence electrons. The van der Waals surface area contributed by atoms with Crippen LogP contribution in [0.1, 0.15) is 26.6 Å². The van der Waals surface area contributed by atoms with Crippen molar-refractivity contribution in [2.24, 2.45) is 0 Å². The zero-order chi connectivity index (χ0) is 12.5. The monoisotopic (exact) mass is 315 g/mol. The summed E-state index contributed by atoms with van der Waals surface area (Å²) < 4.78 is 0.880. The van der Waals surface area contributed by atoms with Crippen LogP contribution in [-0.4, -0.2) is 34.6 Å². The molecule has 0 amide bonds. The molecule has 0 aliphatic carbocycles. The number of halogens is 1. The molecular formula is C12H18BrN3S. The van der Waals surface area contributed by atoms with Crippen LogP contribution in [0.25, 0.3) is 0 Å². The van der Waals surface area contributed by atoms with E-state index in [4.69, 9.17) is 4.98 Å². The third-order valence-electron chi connectivity index (χ3n) is 2.69. The fourth-order valence-corrected chi connectivity index (χ4v) is 2.97. The standard InChI is InChI=1S/C12H18BrN3S/c1-12(2,3)11-14-9(13)8-10(15-11)16-4-6-17-7-5-16/h8H,4-7H2,1-3H3. The van der Waals surface area contributed by atoms with Crippen LogP contribution in [0.4, 0.5) is 5.82 Å². The molecule has 0 atom stereocenters. The predicted molar refractivity (Wildman–Crippen MR) is 78.0 cm³/mol. The number of rotatable bonds is 1. The smallest absolute Gasteiger partial charge is 0.137 e. The Hall–Kier alpha value is -0.290. The molecule has 17 heavy (non-hydrogen) atoms. The molecule has 5 heteroatoms. The highest BCUT2D eigenvalue weighted by Gasteiger charge is 2.21. The van der Waals surface area contributed by atoms with E-state index >= 15 is 0 Å². The van der Waals surface area contributed by atoms with E-state index in [1.807, 2.05) is 17.8 Å². The lowest BCUT2D eigenvalue weighted by Gasteiger charge is -2.28. The maximum atomic E-state index is 4.70. The summed E-state index contributed by atoms with van der Waals surface area (Å²) >= 11 is 5.50. The number of nitrogens with zero attached hydrogens (tertiary/aromatic N) is 3. The average Bonchev–Trinajstić information content (AvgIpc) is 2.28. The van der Waals surface area contributed by atoms with Gasteiger partial charge in [-0.05, 0) is 15.9 Å². The lowest BCUT2D eigenvalue weighted by molar-refractivity contribution is 0.542. The molecule has 0 bridgehead atoms. The molecule has 2 heterocycles. The van der Waals surface area contributed by atoms with Crippen LogP contribution in [0.15, 0.2) is 10.7 Å². The second-order valence-corrected chi connectivity index (χ2v) is 7.26. The molecule has 1 aromatic heterocycles. The minimum absolute atomic E-state index is 0.0108. The Morgan fingerprint density at radius 2 is 1.88 bits per heavy atom. The Kier molecular flexibility index (Phi) is 3.98. The molecular weight excluding hydrogens is 298 g/mol. The summed E-state index contributed by atoms with van der Waals surface area (Å²) in [6.45, 7) is 8.59. The van der Waals surface area contributed by atoms with E-state index in [1.54, 1.807) is 0 Å². The zero-order valence-corrected chi connectivity index (χ0v) is 12.9. The third kappa shape index (κ3) is 3.35. The van der Waals surface area contributed by atoms with Gasteiger partial charge in [-0.1, -0.05) is 20.8 Å². The number of anilines is 1. The first-order valence-corrected chi connectivity index (χ1v) is 7.79. The van der Waals surface area contributed by atoms with Crippen molar-refractivity contribution in [1.82, 2.24) is 9.97 Å². The first kappa shape index (κ1) is 13.1. The van der Waals surface area contributed by atoms with Crippen LogP contribution in [-0.2, 0) is 5.41 Å². The van der Waals surface area contributed by atoms with Gasteiger partial charge >= 0.3 is 0 Å². The first-order valence-electron chi connectivity index (χ1n) is 5.84. The van der Waals surface area contributed by atoms with Crippen molar-refractivity contribution in [3.8, 4) is 0 Å². The van der Waals surface area contributed by atoms with Crippen molar-refractivity contribution in [3.63, 3.8) is 0 Å². The fraction of sp³-hybridized carbons (Fsp3) is 0.667. The van der Waals surface area contributed by atoms with Gasteiger partial charge in [0.15, 0.2) is 0 Å². The van der Waals surface area contributed by atoms with Crippen molar-refractivity contribution < 1.29 is 0 Å². The van der Waals surface area contributed by atoms with E-state index in [1.165, 1.54) is 11.5 Å². The van der Waals surface area contributed by atoms with E-state index in [9.17, 15) is 0 Å². The van der Waals surface area contributed by atoms with Crippen molar-refractivity contribution in [3.05, 3.63) is 16.5 Å². The lowest BCUT2D eigenvalue weighted by Crippen LogP contribution is -2.33. The molecule has 1 aromatic rings. The van der Waals surface area contributed by atoms with Gasteiger partial charge in [0.2, 0.25) is 0 Å². The summed E-state index contributed by atoms with van der Waals surface area (Å²) in [5.41, 5.74) is -0.0108. The molecule has 0 saturated carbocycles. The van der Waals surface area contributed by atoms with Gasteiger partial charge in [-0.25, -0.2) is 9.97 Å². The second-order valence-electron chi connectivity index (χ2n) is 5.22. The minimum atomic E-state index is -0.0108. The molecule has 1 fully saturated rings. The van der Waals surface area contributed by atoms with Gasteiger partial charge in [-0.2, -0.15) is 11.8 Å². The number of thioether (sulfide) groups is 1. The van der Waals surface area contributed by atoms with Crippen molar-refractivity contribution in [2.45, 2.75) is 26.2 Å². The summed E-state index contributed by atoms with van der Waals surface area (Å²) in [5.74, 6) is 4.33. The largest absolute Gasteiger partial charge is 0.355 e. The van der Waals surface area contributed by atoms with E-state index < -0.39 is 0 Å². The highest BCUT2D eigenvalue weighted by molar-refractivity contribution is 9.10. The Labute approximate surface area is 116 Å². The van der Waals surface area contributed by atoms with Gasteiger partial charge in [0, 0.05) is 36.1 Å². The number of hydrogen-bond acceptors (Lipinski definition) is 4. The summed E-state index contributed by atoms with van der Waals surface area (Å²) in [5, 5.41) is 0. The van der Waals surface area contributed by atoms with Crippen LogP contribution >= 0.6 is 27.7 Å². The molecule has 3 nitrogen and oxygen atoms in total. The van der Waals surface area contributed by atoms with Gasteiger partial charge in [-0.15, -0.1) is 0 Å². The van der Waals surface area contributed by atoms with Crippen molar-refractivity contribution in [2.75, 3.05) is 29.5 Å². The average molecular weight is 316 g/mol. The van der Waals surface area contributed by atoms with Gasteiger partial charge in [-0.3, -0.25) is 0 Å². The van der Waals surface area contributed by atoms with Crippen molar-refractivity contribution >= 4 is 33.5 Å². The Bertz CT molecular complexity index is 397. The van der Waals surface area contributed by atoms with Crippen LogP contribution in [0.5, 0.6) is 0 Å². The summed E-state index contributed by atoms with van der Waals surface area (Å²) in [7, 11) is 0. The normalized spacial score (nSPS) is 17.3. The topological polar surface area (TPSA) is 29.0 Å². The van der Waals surface area contributed by atoms with Gasteiger partial charge < -0.3 is 4.90 Å². The Morgan fingerprint density at radius 3 is 2.47 bits per heavy atom. The van der Waals surface area contributed by atoms with Gasteiger partial charge in [0.05, 0.1) is 0 Å². The molecule has 0 radical (unpaired) electrons. The van der Waals surface area contributed by atoms with Gasteiger partial charge in [0.1, 0.15) is 16.2 Å². The summed E-state index contributed by atoms with van der Waals surface area (Å²) in [6.07, 6.45) is 0. The second kappa shape index (κ2) is 5.14. The minimum Gasteiger partial charge on any atom is -0.355 e. The van der Waals surface area contributed by atoms with Crippen LogP contribution < -0.4 is 4.90 Å². The molecule has 0 N–H and O–H groups in total. The molecule has 0 unspecified atom stereocenters. The number of hydrogen-bond donors (Lipinski definition) is 0. The highest BCUT2D eigenvalue weighted by atomic mass is 79.9. The summed E-state index contributed by atoms with van der Waals surface area (Å²) in [6, 6.07) is 2.02. The summed E-state index contributed by atoms with van der Waals surface area (Å²) in [4.78, 5) is 11.5. The molecule has 0 aromatic carbocycles. The lowest BCUT2D eigenvalue weighted by atomic mass is 9.96. The maximum Gasteiger partial charge on any atom is 0.137 e. The van der Waals surface area contributed by atoms with Crippen molar-refractivity contribution in [1.29, 1.82) is 0 Å². The maximum absolute atomic E-state index is 4.70. The SMILES string of the molecule is CC(C)(C)c1nc(Br)cc(N2CCSCC2)n1. The zero-order valence-electron chi connectivity index (χ0n) is 10.5. The van der Waals surface area contributed by atoms with Crippen LogP contribution in [0, 0.1) is 0 Å². The predicted octanol–water partition coefficient (Wildman–Crippen LogP) is 3.09. The molecule has 2 rings (SSSR count). The molecule has 0 spiro atoms. The molecule has 1 aliphatic heterocycles. The van der Waals surface area contributed by atoms with E-state index in [0.717, 1.165) is 29.3 Å². The Morgan fingerprint density at radius 1 is 1.24 bits per heavy atom. The fourth-order valence-electron chi connectivity index (χ4n) is 1.70. The van der Waals surface area contributed by atoms with Crippen LogP contribution in [0.2, 0.25) is 0 Å². The van der Waals surface area contributed by atoms with Crippen LogP contribution in [0.3, 0.4) is 0 Å². The van der Waals surface area contributed by atoms with E-state index in [2.05, 4.69) is 46.6 Å². The third-order valence-corrected chi connectivity index (χ3v) is 4.04. The highest BCUT2D eigenvalue weighted by Crippen LogP contribution is 2.25. The molecule has 1 saturated heterocycles. The molecule has 1 aliphatic rings. The van der Waals surface area contributed by atoms with E-state index in [-0.39, 0.29) is 5.41 Å². The van der Waals surface area contributed by atoms with E-state index in [0.29, 0.717) is 0 Å². The van der Waals surface area contributed by atoms with Gasteiger partial charge in [0.25, 0.3) is 0 Å². The quantitative estimate of drug-likeness (QED) is 0.745. The first-order chi connectivity index (χ1) is 7.97. The number of aromatic nitrogens is 2. The Balaban J connectivity index is 2.31.